The molecule has 3 rings (SSSR count). The summed E-state index contributed by atoms with van der Waals surface area (Å²) >= 11 is 7.07. The van der Waals surface area contributed by atoms with Crippen LogP contribution in [0.25, 0.3) is 0 Å². The minimum absolute atomic E-state index is 1.75. The maximum Gasteiger partial charge on any atom is 0.239 e. The fourth-order valence-electron chi connectivity index (χ4n) is 0.938. The quantitative estimate of drug-likeness (QED) is 0.418. The van der Waals surface area contributed by atoms with E-state index >= 15 is 0 Å². The van der Waals surface area contributed by atoms with Crippen molar-refractivity contribution in [1.29, 1.82) is 0 Å². The van der Waals surface area contributed by atoms with Crippen LogP contribution in [0.2, 0.25) is 0 Å². The fourth-order valence-corrected chi connectivity index (χ4v) is 0.938. The summed E-state index contributed by atoms with van der Waals surface area (Å²) in [6.45, 7) is 0. The van der Waals surface area contributed by atoms with Crippen LogP contribution >= 0.6 is 17.9 Å². The summed E-state index contributed by atoms with van der Waals surface area (Å²) in [7, 11) is 0. The molecule has 3 aromatic rings. The van der Waals surface area contributed by atoms with Crippen LogP contribution in [-0.2, 0) is 11.8 Å². The Morgan fingerprint density at radius 3 is 0.783 bits per heavy atom. The number of pyridine rings is 3. The van der Waals surface area contributed by atoms with Crippen molar-refractivity contribution in [3.63, 3.8) is 0 Å². The monoisotopic (exact) mass is 367 g/mol. The molecule has 23 heavy (non-hydrogen) atoms. The number of rotatable bonds is 0. The summed E-state index contributed by atoms with van der Waals surface area (Å²) in [6, 6.07) is 17.1. The standard InChI is InChI=1S/3C5H5N.H3O2PS2/c3*1-2-4-6-5-3-1;1-3(2,4)5/h3*1-5H;(H3,1,2,4,5). The molecule has 0 radical (unpaired) electrons. The van der Waals surface area contributed by atoms with Gasteiger partial charge in [0.2, 0.25) is 5.69 Å². The third-order valence-electron chi connectivity index (χ3n) is 1.70. The van der Waals surface area contributed by atoms with Gasteiger partial charge in [0.05, 0.1) is 0 Å². The van der Waals surface area contributed by atoms with Crippen LogP contribution in [0.4, 0.5) is 0 Å². The van der Waals surface area contributed by atoms with Crippen LogP contribution in [0.3, 0.4) is 0 Å². The van der Waals surface area contributed by atoms with Crippen molar-refractivity contribution in [2.45, 2.75) is 0 Å². The predicted octanol–water partition coefficient (Wildman–Crippen LogP) is 3.37. The molecule has 0 atom stereocenters. The van der Waals surface area contributed by atoms with E-state index in [2.05, 4.69) is 39.0 Å². The van der Waals surface area contributed by atoms with Crippen LogP contribution in [0.1, 0.15) is 0 Å². The Kier molecular flexibility index (Phi) is 14.2. The van der Waals surface area contributed by atoms with E-state index < -0.39 is 5.69 Å². The number of thiol groups is 1. The highest BCUT2D eigenvalue weighted by molar-refractivity contribution is 8.59. The molecule has 0 unspecified atom stereocenters. The van der Waals surface area contributed by atoms with E-state index in [1.165, 1.54) is 0 Å². The van der Waals surface area contributed by atoms with Gasteiger partial charge in [-0.3, -0.25) is 15.0 Å². The van der Waals surface area contributed by atoms with Crippen molar-refractivity contribution in [3.8, 4) is 0 Å². The molecule has 0 aliphatic rings. The molecule has 0 aliphatic carbocycles. The lowest BCUT2D eigenvalue weighted by Crippen LogP contribution is -1.58. The zero-order valence-electron chi connectivity index (χ0n) is 12.2. The molecule has 3 heterocycles. The van der Waals surface area contributed by atoms with Crippen LogP contribution in [-0.4, -0.2) is 24.7 Å². The maximum atomic E-state index is 7.87. The first-order chi connectivity index (χ1) is 11.0. The summed E-state index contributed by atoms with van der Waals surface area (Å²) in [5.74, 6) is 0. The van der Waals surface area contributed by atoms with E-state index in [0.717, 1.165) is 0 Å². The lowest BCUT2D eigenvalue weighted by Gasteiger charge is -1.88. The molecule has 0 spiro atoms. The van der Waals surface area contributed by atoms with E-state index in [0.29, 0.717) is 0 Å². The Hall–Kier alpha value is -1.63. The molecule has 0 bridgehead atoms. The van der Waals surface area contributed by atoms with Crippen molar-refractivity contribution in [2.75, 3.05) is 0 Å². The first-order valence-corrected chi connectivity index (χ1v) is 10.2. The molecule has 0 fully saturated rings. The fraction of sp³-hybridized carbons (Fsp3) is 0. The minimum Gasteiger partial charge on any atom is -0.338 e. The first-order valence-electron chi connectivity index (χ1n) is 6.33. The third kappa shape index (κ3) is 25.7. The molecule has 8 heteroatoms. The van der Waals surface area contributed by atoms with Crippen LogP contribution in [0, 0.1) is 0 Å². The molecule has 0 aliphatic heterocycles. The second kappa shape index (κ2) is 15.3. The highest BCUT2D eigenvalue weighted by atomic mass is 32.9. The Morgan fingerprint density at radius 2 is 0.739 bits per heavy atom. The Balaban J connectivity index is 0.000000282. The zero-order valence-corrected chi connectivity index (χ0v) is 14.8. The highest BCUT2D eigenvalue weighted by Crippen LogP contribution is 2.39. The van der Waals surface area contributed by atoms with Gasteiger partial charge < -0.3 is 9.79 Å². The van der Waals surface area contributed by atoms with E-state index in [1.807, 2.05) is 54.6 Å². The second-order valence-electron chi connectivity index (χ2n) is 3.59. The summed E-state index contributed by atoms with van der Waals surface area (Å²) in [4.78, 5) is 27.1. The topological polar surface area (TPSA) is 79.1 Å². The van der Waals surface area contributed by atoms with E-state index in [-0.39, 0.29) is 0 Å². The van der Waals surface area contributed by atoms with Crippen molar-refractivity contribution < 1.29 is 9.79 Å². The van der Waals surface area contributed by atoms with Gasteiger partial charge in [-0.2, -0.15) is 0 Å². The summed E-state index contributed by atoms with van der Waals surface area (Å²) in [6.07, 6.45) is 10.5. The van der Waals surface area contributed by atoms with Crippen molar-refractivity contribution in [1.82, 2.24) is 15.0 Å². The molecule has 122 valence electrons. The molecule has 0 amide bonds. The molecule has 5 nitrogen and oxygen atoms in total. The maximum absolute atomic E-state index is 7.87. The highest BCUT2D eigenvalue weighted by Gasteiger charge is 1.90. The van der Waals surface area contributed by atoms with Gasteiger partial charge in [0, 0.05) is 37.2 Å². The van der Waals surface area contributed by atoms with Gasteiger partial charge in [-0.15, -0.1) is 0 Å². The minimum atomic E-state index is -3.11. The molecular weight excluding hydrogens is 349 g/mol. The largest absolute Gasteiger partial charge is 0.338 e. The van der Waals surface area contributed by atoms with Crippen molar-refractivity contribution in [3.05, 3.63) is 91.8 Å². The van der Waals surface area contributed by atoms with Crippen LogP contribution in [0.5, 0.6) is 0 Å². The predicted molar refractivity (Wildman–Crippen MR) is 100 cm³/mol. The second-order valence-corrected chi connectivity index (χ2v) is 8.63. The molecule has 3 aromatic heterocycles. The molecule has 0 aromatic carbocycles. The number of hydrogen-bond acceptors (Lipinski definition) is 4. The average Bonchev–Trinajstić information content (AvgIpc) is 2.59. The van der Waals surface area contributed by atoms with Crippen molar-refractivity contribution in [2.24, 2.45) is 0 Å². The lowest BCUT2D eigenvalue weighted by molar-refractivity contribution is 0.503. The number of aromatic nitrogens is 3. The van der Waals surface area contributed by atoms with Gasteiger partial charge in [-0.1, -0.05) is 30.4 Å². The van der Waals surface area contributed by atoms with E-state index in [1.54, 1.807) is 37.2 Å². The van der Waals surface area contributed by atoms with Gasteiger partial charge >= 0.3 is 0 Å². The van der Waals surface area contributed by atoms with Crippen LogP contribution in [0.15, 0.2) is 91.8 Å². The number of nitrogens with zero attached hydrogens (tertiary/aromatic N) is 3. The molecular formula is C15H18N3O2PS2. The molecule has 0 saturated heterocycles. The normalized spacial score (nSPS) is 8.83. The van der Waals surface area contributed by atoms with Gasteiger partial charge in [0.1, 0.15) is 0 Å². The Bertz CT molecular complexity index is 450. The van der Waals surface area contributed by atoms with E-state index in [4.69, 9.17) is 9.79 Å². The smallest absolute Gasteiger partial charge is 0.239 e. The van der Waals surface area contributed by atoms with Crippen molar-refractivity contribution >= 4 is 29.7 Å². The van der Waals surface area contributed by atoms with Gasteiger partial charge in [0.15, 0.2) is 0 Å². The van der Waals surface area contributed by atoms with E-state index in [9.17, 15) is 0 Å². The SMILES string of the molecule is OP(O)(=S)S.c1ccncc1.c1ccncc1.c1ccncc1. The molecule has 0 saturated carbocycles. The molecule has 2 N–H and O–H groups in total. The Morgan fingerprint density at radius 1 is 0.565 bits per heavy atom. The number of hydrogen-bond donors (Lipinski definition) is 3. The third-order valence-corrected chi connectivity index (χ3v) is 1.70. The van der Waals surface area contributed by atoms with Gasteiger partial charge in [0.25, 0.3) is 0 Å². The summed E-state index contributed by atoms with van der Waals surface area (Å²) in [5, 5.41) is 0. The summed E-state index contributed by atoms with van der Waals surface area (Å²) < 4.78 is 0. The first kappa shape index (κ1) is 21.4. The lowest BCUT2D eigenvalue weighted by atomic mass is 10.5. The zero-order chi connectivity index (χ0) is 17.2. The van der Waals surface area contributed by atoms with Gasteiger partial charge in [-0.05, 0) is 48.2 Å². The van der Waals surface area contributed by atoms with Gasteiger partial charge in [-0.25, -0.2) is 0 Å². The summed E-state index contributed by atoms with van der Waals surface area (Å²) in [5.41, 5.74) is -3.11. The Labute approximate surface area is 146 Å². The average molecular weight is 367 g/mol. The van der Waals surface area contributed by atoms with Crippen LogP contribution < -0.4 is 0 Å².